The Kier molecular flexibility index (Phi) is 2.48. The first-order valence-corrected chi connectivity index (χ1v) is 6.12. The first kappa shape index (κ1) is 9.86. The smallest absolute Gasteiger partial charge is 0.373 e. The molecule has 1 heterocycles. The summed E-state index contributed by atoms with van der Waals surface area (Å²) in [5, 5.41) is 8.97. The van der Waals surface area contributed by atoms with Crippen LogP contribution in [0.25, 0.3) is 0 Å². The Morgan fingerprint density at radius 2 is 1.85 bits per heavy atom. The second-order valence-corrected chi connectivity index (χ2v) is 6.14. The van der Waals surface area contributed by atoms with E-state index in [-0.39, 0.29) is 5.82 Å². The zero-order valence-corrected chi connectivity index (χ0v) is 8.15. The van der Waals surface area contributed by atoms with Gasteiger partial charge in [-0.3, -0.25) is 0 Å². The lowest BCUT2D eigenvalue weighted by molar-refractivity contribution is 0.0683. The quantitative estimate of drug-likeness (QED) is 0.700. The van der Waals surface area contributed by atoms with Crippen LogP contribution >= 0.6 is 7.14 Å². The van der Waals surface area contributed by atoms with Crippen molar-refractivity contribution in [3.63, 3.8) is 0 Å². The van der Waals surface area contributed by atoms with Gasteiger partial charge in [0, 0.05) is 17.7 Å². The van der Waals surface area contributed by atoms with E-state index in [0.717, 1.165) is 0 Å². The Bertz CT molecular complexity index is 368. The lowest BCUT2D eigenvalue weighted by atomic mass is 10.6. The van der Waals surface area contributed by atoms with Gasteiger partial charge in [0.25, 0.3) is 0 Å². The van der Waals surface area contributed by atoms with Gasteiger partial charge in [0.05, 0.1) is 0 Å². The summed E-state index contributed by atoms with van der Waals surface area (Å²) in [6.45, 7) is 3.15. The van der Waals surface area contributed by atoms with Crippen LogP contribution in [-0.2, 0) is 4.57 Å². The minimum atomic E-state index is -2.39. The van der Waals surface area contributed by atoms with Gasteiger partial charge in [-0.25, -0.2) is 14.8 Å². The SMILES string of the molecule is CP(C)(=O)c1cnc(C(=O)O)nc1. The van der Waals surface area contributed by atoms with Gasteiger partial charge in [0.15, 0.2) is 0 Å². The average molecular weight is 200 g/mol. The van der Waals surface area contributed by atoms with Crippen molar-refractivity contribution in [1.82, 2.24) is 9.97 Å². The van der Waals surface area contributed by atoms with E-state index in [4.69, 9.17) is 5.11 Å². The summed E-state index contributed by atoms with van der Waals surface area (Å²) < 4.78 is 11.5. The first-order valence-electron chi connectivity index (χ1n) is 3.52. The third-order valence-electron chi connectivity index (χ3n) is 1.45. The van der Waals surface area contributed by atoms with Crippen molar-refractivity contribution >= 4 is 18.4 Å². The normalized spacial score (nSPS) is 11.2. The monoisotopic (exact) mass is 200 g/mol. The van der Waals surface area contributed by atoms with Gasteiger partial charge in [-0.15, -0.1) is 0 Å². The van der Waals surface area contributed by atoms with Crippen LogP contribution in [0, 0.1) is 0 Å². The summed E-state index contributed by atoms with van der Waals surface area (Å²) in [4.78, 5) is 17.5. The Balaban J connectivity index is 3.08. The molecule has 0 aliphatic rings. The maximum atomic E-state index is 11.5. The zero-order chi connectivity index (χ0) is 10.1. The van der Waals surface area contributed by atoms with Gasteiger partial charge in [-0.2, -0.15) is 0 Å². The number of carbonyl (C=O) groups is 1. The molecule has 0 aliphatic carbocycles. The molecule has 0 fully saturated rings. The van der Waals surface area contributed by atoms with Crippen LogP contribution in [0.2, 0.25) is 0 Å². The number of carboxylic acid groups (broad SMARTS) is 1. The minimum Gasteiger partial charge on any atom is -0.475 e. The predicted molar refractivity (Wildman–Crippen MR) is 48.1 cm³/mol. The summed E-state index contributed by atoms with van der Waals surface area (Å²) in [5.74, 6) is -1.47. The summed E-state index contributed by atoms with van der Waals surface area (Å²) in [6.07, 6.45) is 2.58. The molecule has 5 nitrogen and oxygen atoms in total. The van der Waals surface area contributed by atoms with Gasteiger partial charge in [-0.1, -0.05) is 0 Å². The van der Waals surface area contributed by atoms with Crippen LogP contribution in [-0.4, -0.2) is 34.4 Å². The van der Waals surface area contributed by atoms with Crippen molar-refractivity contribution in [2.45, 2.75) is 0 Å². The number of hydrogen-bond acceptors (Lipinski definition) is 4. The van der Waals surface area contributed by atoms with Gasteiger partial charge in [-0.05, 0) is 13.3 Å². The number of carboxylic acids is 1. The number of nitrogens with zero attached hydrogens (tertiary/aromatic N) is 2. The van der Waals surface area contributed by atoms with Crippen LogP contribution < -0.4 is 5.30 Å². The lowest BCUT2D eigenvalue weighted by Crippen LogP contribution is -2.11. The van der Waals surface area contributed by atoms with Gasteiger partial charge in [0.2, 0.25) is 5.82 Å². The van der Waals surface area contributed by atoms with E-state index in [1.54, 1.807) is 13.3 Å². The summed E-state index contributed by atoms with van der Waals surface area (Å²) >= 11 is 0. The lowest BCUT2D eigenvalue weighted by Gasteiger charge is -2.04. The number of aromatic nitrogens is 2. The fraction of sp³-hybridized carbons (Fsp3) is 0.286. The van der Waals surface area contributed by atoms with Crippen LogP contribution in [0.4, 0.5) is 0 Å². The van der Waals surface area contributed by atoms with E-state index in [1.165, 1.54) is 12.4 Å². The third kappa shape index (κ3) is 2.36. The highest BCUT2D eigenvalue weighted by atomic mass is 31.2. The van der Waals surface area contributed by atoms with Gasteiger partial charge >= 0.3 is 5.97 Å². The predicted octanol–water partition coefficient (Wildman–Crippen LogP) is 0.423. The Hall–Kier alpha value is -1.22. The molecule has 6 heteroatoms. The molecule has 1 N–H and O–H groups in total. The molecule has 0 spiro atoms. The van der Waals surface area contributed by atoms with E-state index in [1.807, 2.05) is 0 Å². The molecule has 1 aromatic rings. The molecule has 13 heavy (non-hydrogen) atoms. The van der Waals surface area contributed by atoms with Gasteiger partial charge in [0.1, 0.15) is 7.14 Å². The molecular weight excluding hydrogens is 191 g/mol. The largest absolute Gasteiger partial charge is 0.475 e. The van der Waals surface area contributed by atoms with Crippen molar-refractivity contribution < 1.29 is 14.5 Å². The second-order valence-electron chi connectivity index (χ2n) is 2.92. The standard InChI is InChI=1S/C7H9N2O3P/c1-13(2,12)5-3-8-6(7(10)11)9-4-5/h3-4H,1-2H3,(H,10,11). The molecule has 0 atom stereocenters. The Labute approximate surface area is 75.2 Å². The van der Waals surface area contributed by atoms with Crippen LogP contribution in [0.15, 0.2) is 12.4 Å². The highest BCUT2D eigenvalue weighted by Crippen LogP contribution is 2.33. The van der Waals surface area contributed by atoms with Crippen molar-refractivity contribution in [2.75, 3.05) is 13.3 Å². The minimum absolute atomic E-state index is 0.280. The van der Waals surface area contributed by atoms with E-state index in [2.05, 4.69) is 9.97 Å². The topological polar surface area (TPSA) is 80.2 Å². The van der Waals surface area contributed by atoms with Crippen molar-refractivity contribution in [2.24, 2.45) is 0 Å². The summed E-state index contributed by atoms with van der Waals surface area (Å²) in [5.41, 5.74) is 0. The molecular formula is C7H9N2O3P. The van der Waals surface area contributed by atoms with E-state index in [0.29, 0.717) is 5.30 Å². The van der Waals surface area contributed by atoms with Crippen LogP contribution in [0.3, 0.4) is 0 Å². The number of aromatic carboxylic acids is 1. The van der Waals surface area contributed by atoms with Crippen LogP contribution in [0.1, 0.15) is 10.6 Å². The highest BCUT2D eigenvalue weighted by molar-refractivity contribution is 7.70. The van der Waals surface area contributed by atoms with Crippen LogP contribution in [0.5, 0.6) is 0 Å². The molecule has 1 rings (SSSR count). The number of hydrogen-bond donors (Lipinski definition) is 1. The first-order chi connectivity index (χ1) is 5.91. The molecule has 0 bridgehead atoms. The Morgan fingerprint density at radius 1 is 1.38 bits per heavy atom. The molecule has 0 unspecified atom stereocenters. The molecule has 0 radical (unpaired) electrons. The zero-order valence-electron chi connectivity index (χ0n) is 7.26. The molecule has 0 saturated carbocycles. The summed E-state index contributed by atoms with van der Waals surface area (Å²) in [7, 11) is -2.39. The third-order valence-corrected chi connectivity index (χ3v) is 2.93. The maximum absolute atomic E-state index is 11.5. The molecule has 0 amide bonds. The fourth-order valence-electron chi connectivity index (χ4n) is 0.710. The fourth-order valence-corrected chi connectivity index (χ4v) is 1.38. The van der Waals surface area contributed by atoms with Crippen molar-refractivity contribution in [3.8, 4) is 0 Å². The van der Waals surface area contributed by atoms with E-state index in [9.17, 15) is 9.36 Å². The van der Waals surface area contributed by atoms with Gasteiger partial charge < -0.3 is 9.67 Å². The summed E-state index contributed by atoms with van der Waals surface area (Å²) in [6, 6.07) is 0. The molecule has 1 aromatic heterocycles. The molecule has 0 aliphatic heterocycles. The number of rotatable bonds is 2. The molecule has 0 saturated heterocycles. The molecule has 0 aromatic carbocycles. The second kappa shape index (κ2) is 3.26. The van der Waals surface area contributed by atoms with E-state index < -0.39 is 13.1 Å². The van der Waals surface area contributed by atoms with E-state index >= 15 is 0 Å². The average Bonchev–Trinajstić information content (AvgIpc) is 2.03. The maximum Gasteiger partial charge on any atom is 0.373 e. The molecule has 70 valence electrons. The van der Waals surface area contributed by atoms with Crippen molar-refractivity contribution in [3.05, 3.63) is 18.2 Å². The Morgan fingerprint density at radius 3 is 2.15 bits per heavy atom. The highest BCUT2D eigenvalue weighted by Gasteiger charge is 2.13. The van der Waals surface area contributed by atoms with Crippen molar-refractivity contribution in [1.29, 1.82) is 0 Å².